The van der Waals surface area contributed by atoms with Crippen molar-refractivity contribution in [3.05, 3.63) is 0 Å². The van der Waals surface area contributed by atoms with E-state index >= 15 is 0 Å². The zero-order valence-corrected chi connectivity index (χ0v) is 37.5. The van der Waals surface area contributed by atoms with Crippen molar-refractivity contribution in [3.63, 3.8) is 0 Å². The van der Waals surface area contributed by atoms with Crippen LogP contribution in [0, 0.1) is 5.92 Å². The zero-order chi connectivity index (χ0) is 39.6. The monoisotopic (exact) mass is 764 g/mol. The fourth-order valence-electron chi connectivity index (χ4n) is 7.88. The molecule has 0 aliphatic heterocycles. The van der Waals surface area contributed by atoms with E-state index in [4.69, 9.17) is 9.47 Å². The fourth-order valence-corrected chi connectivity index (χ4v) is 7.88. The minimum atomic E-state index is -0.0481. The first-order chi connectivity index (χ1) is 26.4. The van der Waals surface area contributed by atoms with Gasteiger partial charge in [0.05, 0.1) is 6.61 Å². The van der Waals surface area contributed by atoms with Crippen LogP contribution in [-0.4, -0.2) is 50.2 Å². The molecule has 0 rings (SSSR count). The van der Waals surface area contributed by atoms with Crippen molar-refractivity contribution in [2.45, 2.75) is 271 Å². The van der Waals surface area contributed by atoms with Gasteiger partial charge in [0.25, 0.3) is 0 Å². The lowest BCUT2D eigenvalue weighted by Crippen LogP contribution is -2.20. The van der Waals surface area contributed by atoms with Crippen molar-refractivity contribution in [1.82, 2.24) is 4.90 Å². The Morgan fingerprint density at radius 1 is 0.407 bits per heavy atom. The van der Waals surface area contributed by atoms with E-state index in [9.17, 15) is 9.59 Å². The Balaban J connectivity index is 4.46. The second kappa shape index (κ2) is 43.0. The van der Waals surface area contributed by atoms with Crippen LogP contribution in [-0.2, 0) is 19.1 Å². The molecule has 0 aliphatic carbocycles. The second-order valence-corrected chi connectivity index (χ2v) is 17.3. The number of hydrogen-bond acceptors (Lipinski definition) is 5. The second-order valence-electron chi connectivity index (χ2n) is 17.3. The molecule has 322 valence electrons. The lowest BCUT2D eigenvalue weighted by atomic mass is 9.91. The van der Waals surface area contributed by atoms with E-state index < -0.39 is 0 Å². The molecule has 0 fully saturated rings. The van der Waals surface area contributed by atoms with Gasteiger partial charge in [0.1, 0.15) is 6.10 Å². The number of rotatable bonds is 44. The van der Waals surface area contributed by atoms with Crippen LogP contribution in [0.4, 0.5) is 0 Å². The molecular formula is C49H97NO4. The lowest BCUT2D eigenvalue weighted by Gasteiger charge is -2.19. The summed E-state index contributed by atoms with van der Waals surface area (Å²) >= 11 is 0. The largest absolute Gasteiger partial charge is 0.466 e. The first-order valence-corrected chi connectivity index (χ1v) is 24.4. The van der Waals surface area contributed by atoms with Gasteiger partial charge in [0.15, 0.2) is 0 Å². The van der Waals surface area contributed by atoms with Crippen LogP contribution in [0.3, 0.4) is 0 Å². The molecule has 0 saturated carbocycles. The third kappa shape index (κ3) is 40.6. The third-order valence-electron chi connectivity index (χ3n) is 11.5. The van der Waals surface area contributed by atoms with Crippen LogP contribution in [0.15, 0.2) is 0 Å². The molecule has 0 spiro atoms. The summed E-state index contributed by atoms with van der Waals surface area (Å²) < 4.78 is 11.8. The third-order valence-corrected chi connectivity index (χ3v) is 11.5. The number of nitrogens with zero attached hydrogens (tertiary/aromatic N) is 1. The molecule has 1 unspecified atom stereocenters. The standard InChI is InChI=1S/C49H97NO4/c1-6-9-12-15-18-20-22-25-27-31-37-46(38-32-28-26-23-21-19-16-13-10-7-2)43-45-53-48(51)41-35-30-34-40-47(39-33-29-24-17-14-11-8-3)54-49(52)42-36-44-50(4)5/h46-47H,6-45H2,1-5H3. The SMILES string of the molecule is CCCCCCCCCCCCC(CCCCCCCCCCCC)CCOC(=O)CCCCCC(CCCCCCCCC)OC(=O)CCCN(C)C. The molecular weight excluding hydrogens is 667 g/mol. The lowest BCUT2D eigenvalue weighted by molar-refractivity contribution is -0.150. The number of esters is 2. The Kier molecular flexibility index (Phi) is 42.2. The number of unbranched alkanes of at least 4 members (excludes halogenated alkanes) is 26. The number of carbonyl (C=O) groups excluding carboxylic acids is 2. The highest BCUT2D eigenvalue weighted by Gasteiger charge is 2.15. The Morgan fingerprint density at radius 2 is 0.759 bits per heavy atom. The minimum Gasteiger partial charge on any atom is -0.466 e. The maximum atomic E-state index is 12.7. The topological polar surface area (TPSA) is 55.8 Å². The van der Waals surface area contributed by atoms with Gasteiger partial charge in [-0.3, -0.25) is 9.59 Å². The van der Waals surface area contributed by atoms with Crippen LogP contribution in [0.25, 0.3) is 0 Å². The van der Waals surface area contributed by atoms with Crippen molar-refractivity contribution in [2.75, 3.05) is 27.2 Å². The predicted molar refractivity (Wildman–Crippen MR) is 235 cm³/mol. The molecule has 0 bridgehead atoms. The highest BCUT2D eigenvalue weighted by atomic mass is 16.5. The molecule has 0 radical (unpaired) electrons. The molecule has 0 aromatic rings. The van der Waals surface area contributed by atoms with E-state index in [1.807, 2.05) is 14.1 Å². The molecule has 0 aromatic heterocycles. The predicted octanol–water partition coefficient (Wildman–Crippen LogP) is 15.5. The highest BCUT2D eigenvalue weighted by molar-refractivity contribution is 5.69. The van der Waals surface area contributed by atoms with E-state index in [0.29, 0.717) is 25.4 Å². The zero-order valence-electron chi connectivity index (χ0n) is 37.5. The van der Waals surface area contributed by atoms with Gasteiger partial charge >= 0.3 is 11.9 Å². The van der Waals surface area contributed by atoms with Gasteiger partial charge in [-0.15, -0.1) is 0 Å². The molecule has 0 saturated heterocycles. The van der Waals surface area contributed by atoms with E-state index in [-0.39, 0.29) is 18.0 Å². The first-order valence-electron chi connectivity index (χ1n) is 24.4. The van der Waals surface area contributed by atoms with Crippen LogP contribution >= 0.6 is 0 Å². The van der Waals surface area contributed by atoms with Gasteiger partial charge in [0, 0.05) is 12.8 Å². The van der Waals surface area contributed by atoms with E-state index in [2.05, 4.69) is 25.7 Å². The van der Waals surface area contributed by atoms with E-state index in [0.717, 1.165) is 57.9 Å². The Bertz CT molecular complexity index is 747. The van der Waals surface area contributed by atoms with Gasteiger partial charge < -0.3 is 14.4 Å². The summed E-state index contributed by atoms with van der Waals surface area (Å²) in [5, 5.41) is 0. The smallest absolute Gasteiger partial charge is 0.306 e. The van der Waals surface area contributed by atoms with E-state index in [1.165, 1.54) is 180 Å². The summed E-state index contributed by atoms with van der Waals surface area (Å²) in [4.78, 5) is 27.4. The molecule has 0 aromatic carbocycles. The van der Waals surface area contributed by atoms with Crippen molar-refractivity contribution in [3.8, 4) is 0 Å². The molecule has 5 heteroatoms. The van der Waals surface area contributed by atoms with Crippen molar-refractivity contribution >= 4 is 11.9 Å². The quantitative estimate of drug-likeness (QED) is 0.0457. The minimum absolute atomic E-state index is 0.0162. The normalized spacial score (nSPS) is 12.2. The van der Waals surface area contributed by atoms with E-state index in [1.54, 1.807) is 0 Å². The van der Waals surface area contributed by atoms with Crippen LogP contribution < -0.4 is 0 Å². The Hall–Kier alpha value is -1.10. The summed E-state index contributed by atoms with van der Waals surface area (Å²) in [5.74, 6) is 0.617. The van der Waals surface area contributed by atoms with Crippen molar-refractivity contribution in [1.29, 1.82) is 0 Å². The number of hydrogen-bond donors (Lipinski definition) is 0. The maximum absolute atomic E-state index is 12.7. The highest BCUT2D eigenvalue weighted by Crippen LogP contribution is 2.23. The summed E-state index contributed by atoms with van der Waals surface area (Å²) in [6, 6.07) is 0. The summed E-state index contributed by atoms with van der Waals surface area (Å²) in [6.07, 6.45) is 46.8. The number of ether oxygens (including phenoxy) is 2. The average molecular weight is 764 g/mol. The van der Waals surface area contributed by atoms with Gasteiger partial charge in [-0.2, -0.15) is 0 Å². The van der Waals surface area contributed by atoms with Crippen molar-refractivity contribution < 1.29 is 19.1 Å². The van der Waals surface area contributed by atoms with Crippen LogP contribution in [0.2, 0.25) is 0 Å². The molecule has 54 heavy (non-hydrogen) atoms. The molecule has 0 heterocycles. The fraction of sp³-hybridized carbons (Fsp3) is 0.959. The Morgan fingerprint density at radius 3 is 1.17 bits per heavy atom. The summed E-state index contributed by atoms with van der Waals surface area (Å²) in [6.45, 7) is 8.34. The first kappa shape index (κ1) is 52.9. The van der Waals surface area contributed by atoms with Crippen LogP contribution in [0.1, 0.15) is 265 Å². The molecule has 0 amide bonds. The molecule has 1 atom stereocenters. The van der Waals surface area contributed by atoms with Gasteiger partial charge in [-0.25, -0.2) is 0 Å². The maximum Gasteiger partial charge on any atom is 0.306 e. The van der Waals surface area contributed by atoms with Gasteiger partial charge in [0.2, 0.25) is 0 Å². The summed E-state index contributed by atoms with van der Waals surface area (Å²) in [7, 11) is 4.09. The number of carbonyl (C=O) groups is 2. The molecule has 0 N–H and O–H groups in total. The van der Waals surface area contributed by atoms with Crippen molar-refractivity contribution in [2.24, 2.45) is 5.92 Å². The van der Waals surface area contributed by atoms with Gasteiger partial charge in [-0.05, 0) is 71.5 Å². The van der Waals surface area contributed by atoms with Crippen LogP contribution in [0.5, 0.6) is 0 Å². The Labute approximate surface area is 339 Å². The molecule has 0 aliphatic rings. The van der Waals surface area contributed by atoms with Gasteiger partial charge in [-0.1, -0.05) is 207 Å². The average Bonchev–Trinajstić information content (AvgIpc) is 3.15. The molecule has 5 nitrogen and oxygen atoms in total. The summed E-state index contributed by atoms with van der Waals surface area (Å²) in [5.41, 5.74) is 0.